The van der Waals surface area contributed by atoms with Crippen molar-refractivity contribution < 1.29 is 4.92 Å². The van der Waals surface area contributed by atoms with Crippen LogP contribution < -0.4 is 10.9 Å². The van der Waals surface area contributed by atoms with Crippen molar-refractivity contribution in [2.75, 3.05) is 17.6 Å². The van der Waals surface area contributed by atoms with Crippen LogP contribution in [0.15, 0.2) is 23.3 Å². The number of rotatable bonds is 4. The molecule has 1 aliphatic rings. The molecule has 1 atom stereocenters. The lowest BCUT2D eigenvalue weighted by Gasteiger charge is -2.12. The molecule has 0 amide bonds. The molecule has 0 radical (unpaired) electrons. The molecule has 3 rings (SSSR count). The fraction of sp³-hybridized carbons (Fsp3) is 0.385. The van der Waals surface area contributed by atoms with Crippen LogP contribution in [0.2, 0.25) is 0 Å². The molecular weight excluding hydrogens is 292 g/mol. The van der Waals surface area contributed by atoms with E-state index in [2.05, 4.69) is 15.3 Å². The van der Waals surface area contributed by atoms with Gasteiger partial charge in [-0.1, -0.05) is 0 Å². The molecule has 0 bridgehead atoms. The molecule has 8 heteroatoms. The number of hydrogen-bond acceptors (Lipinski definition) is 6. The summed E-state index contributed by atoms with van der Waals surface area (Å²) in [6.07, 6.45) is 3.61. The van der Waals surface area contributed by atoms with Crippen molar-refractivity contribution in [3.8, 4) is 0 Å². The number of aromatic amines is 1. The Morgan fingerprint density at radius 3 is 3.10 bits per heavy atom. The summed E-state index contributed by atoms with van der Waals surface area (Å²) < 4.78 is 0. The number of anilines is 1. The predicted molar refractivity (Wildman–Crippen MR) is 83.0 cm³/mol. The molecule has 2 N–H and O–H groups in total. The number of nitro benzene ring substituents is 1. The van der Waals surface area contributed by atoms with Gasteiger partial charge in [0, 0.05) is 17.9 Å². The summed E-state index contributed by atoms with van der Waals surface area (Å²) in [7, 11) is 0. The van der Waals surface area contributed by atoms with Gasteiger partial charge < -0.3 is 10.3 Å². The third-order valence-electron chi connectivity index (χ3n) is 3.50. The standard InChI is InChI=1S/C13H14N4O3S/c18-13-9-4-12(17(19)20)11(5-10(9)15-7-16-13)14-6-8-2-1-3-21-8/h4-5,7-8,14H,1-3,6H2,(H,15,16,18). The van der Waals surface area contributed by atoms with Crippen LogP contribution in [0.3, 0.4) is 0 Å². The number of aromatic nitrogens is 2. The van der Waals surface area contributed by atoms with Crippen molar-refractivity contribution in [1.29, 1.82) is 0 Å². The molecule has 1 aliphatic heterocycles. The van der Waals surface area contributed by atoms with Crippen LogP contribution >= 0.6 is 11.8 Å². The SMILES string of the molecule is O=c1[nH]cnc2cc(NCC3CCCS3)c([N+](=O)[O-])cc12. The molecule has 21 heavy (non-hydrogen) atoms. The van der Waals surface area contributed by atoms with Crippen molar-refractivity contribution in [2.24, 2.45) is 0 Å². The van der Waals surface area contributed by atoms with Crippen LogP contribution in [0, 0.1) is 10.1 Å². The van der Waals surface area contributed by atoms with Gasteiger partial charge in [-0.15, -0.1) is 0 Å². The van der Waals surface area contributed by atoms with E-state index in [9.17, 15) is 14.9 Å². The Hall–Kier alpha value is -2.09. The van der Waals surface area contributed by atoms with Gasteiger partial charge in [0.1, 0.15) is 5.69 Å². The summed E-state index contributed by atoms with van der Waals surface area (Å²) in [4.78, 5) is 28.9. The van der Waals surface area contributed by atoms with E-state index in [1.807, 2.05) is 11.8 Å². The summed E-state index contributed by atoms with van der Waals surface area (Å²) in [6.45, 7) is 0.681. The number of thioether (sulfide) groups is 1. The van der Waals surface area contributed by atoms with Gasteiger partial charge in [0.2, 0.25) is 0 Å². The summed E-state index contributed by atoms with van der Waals surface area (Å²) >= 11 is 1.88. The Morgan fingerprint density at radius 2 is 2.38 bits per heavy atom. The molecule has 1 unspecified atom stereocenters. The summed E-state index contributed by atoms with van der Waals surface area (Å²) in [5, 5.41) is 15.0. The van der Waals surface area contributed by atoms with Gasteiger partial charge in [-0.05, 0) is 24.7 Å². The number of benzene rings is 1. The van der Waals surface area contributed by atoms with Gasteiger partial charge in [0.05, 0.1) is 22.2 Å². The van der Waals surface area contributed by atoms with Gasteiger partial charge in [-0.25, -0.2) is 4.98 Å². The second-order valence-electron chi connectivity index (χ2n) is 4.89. The van der Waals surface area contributed by atoms with Gasteiger partial charge in [-0.2, -0.15) is 11.8 Å². The molecule has 2 heterocycles. The minimum atomic E-state index is -0.476. The van der Waals surface area contributed by atoms with Crippen molar-refractivity contribution >= 4 is 34.0 Å². The molecule has 110 valence electrons. The zero-order chi connectivity index (χ0) is 14.8. The van der Waals surface area contributed by atoms with Gasteiger partial charge in [-0.3, -0.25) is 14.9 Å². The predicted octanol–water partition coefficient (Wildman–Crippen LogP) is 2.14. The Labute approximate surface area is 124 Å². The lowest BCUT2D eigenvalue weighted by Crippen LogP contribution is -2.15. The largest absolute Gasteiger partial charge is 0.378 e. The number of nitrogens with zero attached hydrogens (tertiary/aromatic N) is 2. The molecule has 0 aliphatic carbocycles. The maximum atomic E-state index is 11.7. The molecule has 1 fully saturated rings. The third-order valence-corrected chi connectivity index (χ3v) is 4.90. The molecule has 1 aromatic carbocycles. The normalized spacial score (nSPS) is 18.0. The van der Waals surface area contributed by atoms with Crippen LogP contribution in [0.25, 0.3) is 10.9 Å². The van der Waals surface area contributed by atoms with Crippen molar-refractivity contribution in [3.63, 3.8) is 0 Å². The van der Waals surface area contributed by atoms with Crippen LogP contribution in [-0.4, -0.2) is 32.4 Å². The van der Waals surface area contributed by atoms with Crippen LogP contribution in [0.5, 0.6) is 0 Å². The highest BCUT2D eigenvalue weighted by Crippen LogP contribution is 2.30. The molecular formula is C13H14N4O3S. The molecule has 7 nitrogen and oxygen atoms in total. The Kier molecular flexibility index (Phi) is 3.78. The first-order valence-electron chi connectivity index (χ1n) is 6.66. The Balaban J connectivity index is 1.97. The quantitative estimate of drug-likeness (QED) is 0.663. The average Bonchev–Trinajstić information content (AvgIpc) is 2.97. The molecule has 1 saturated heterocycles. The van der Waals surface area contributed by atoms with Crippen LogP contribution in [0.4, 0.5) is 11.4 Å². The number of hydrogen-bond donors (Lipinski definition) is 2. The lowest BCUT2D eigenvalue weighted by molar-refractivity contribution is -0.383. The fourth-order valence-corrected chi connectivity index (χ4v) is 3.63. The molecule has 0 saturated carbocycles. The Morgan fingerprint density at radius 1 is 1.52 bits per heavy atom. The first kappa shape index (κ1) is 13.9. The summed E-state index contributed by atoms with van der Waals surface area (Å²) in [6, 6.07) is 2.85. The lowest BCUT2D eigenvalue weighted by atomic mass is 10.2. The summed E-state index contributed by atoms with van der Waals surface area (Å²) in [5.41, 5.74) is 0.397. The number of nitro groups is 1. The smallest absolute Gasteiger partial charge is 0.293 e. The molecule has 0 spiro atoms. The van der Waals surface area contributed by atoms with E-state index in [1.165, 1.54) is 18.8 Å². The maximum absolute atomic E-state index is 11.7. The van der Waals surface area contributed by atoms with E-state index < -0.39 is 4.92 Å². The number of H-pyrrole nitrogens is 1. The summed E-state index contributed by atoms with van der Waals surface area (Å²) in [5.74, 6) is 1.14. The van der Waals surface area contributed by atoms with Crippen molar-refractivity contribution in [3.05, 3.63) is 38.9 Å². The maximum Gasteiger partial charge on any atom is 0.293 e. The minimum Gasteiger partial charge on any atom is -0.378 e. The Bertz CT molecular complexity index is 740. The van der Waals surface area contributed by atoms with E-state index >= 15 is 0 Å². The molecule has 1 aromatic heterocycles. The highest BCUT2D eigenvalue weighted by atomic mass is 32.2. The second kappa shape index (κ2) is 5.72. The van der Waals surface area contributed by atoms with Crippen LogP contribution in [0.1, 0.15) is 12.8 Å². The van der Waals surface area contributed by atoms with Gasteiger partial charge in [0.15, 0.2) is 0 Å². The first-order chi connectivity index (χ1) is 10.1. The van der Waals surface area contributed by atoms with E-state index in [-0.39, 0.29) is 16.6 Å². The van der Waals surface area contributed by atoms with Gasteiger partial charge >= 0.3 is 0 Å². The van der Waals surface area contributed by atoms with E-state index in [1.54, 1.807) is 6.07 Å². The first-order valence-corrected chi connectivity index (χ1v) is 7.71. The second-order valence-corrected chi connectivity index (χ2v) is 6.30. The third kappa shape index (κ3) is 2.85. The fourth-order valence-electron chi connectivity index (χ4n) is 2.43. The zero-order valence-corrected chi connectivity index (χ0v) is 12.0. The van der Waals surface area contributed by atoms with Crippen molar-refractivity contribution in [1.82, 2.24) is 9.97 Å². The zero-order valence-electron chi connectivity index (χ0n) is 11.2. The van der Waals surface area contributed by atoms with Crippen LogP contribution in [-0.2, 0) is 0 Å². The highest BCUT2D eigenvalue weighted by Gasteiger charge is 2.20. The number of nitrogens with one attached hydrogen (secondary N) is 2. The van der Waals surface area contributed by atoms with Crippen molar-refractivity contribution in [2.45, 2.75) is 18.1 Å². The van der Waals surface area contributed by atoms with E-state index in [0.29, 0.717) is 23.0 Å². The van der Waals surface area contributed by atoms with Gasteiger partial charge in [0.25, 0.3) is 11.2 Å². The molecule has 2 aromatic rings. The average molecular weight is 306 g/mol. The minimum absolute atomic E-state index is 0.0935. The van der Waals surface area contributed by atoms with E-state index in [0.717, 1.165) is 12.2 Å². The number of fused-ring (bicyclic) bond motifs is 1. The topological polar surface area (TPSA) is 101 Å². The van der Waals surface area contributed by atoms with E-state index in [4.69, 9.17) is 0 Å². The monoisotopic (exact) mass is 306 g/mol. The highest BCUT2D eigenvalue weighted by molar-refractivity contribution is 8.00.